The van der Waals surface area contributed by atoms with E-state index in [1.54, 1.807) is 28.7 Å². The molecule has 0 saturated carbocycles. The molecule has 3 amide bonds. The fraction of sp³-hybridized carbons (Fsp3) is 0.200. The van der Waals surface area contributed by atoms with Gasteiger partial charge in [-0.3, -0.25) is 15.0 Å². The van der Waals surface area contributed by atoms with Crippen LogP contribution in [0.1, 0.15) is 21.4 Å². The topological polar surface area (TPSA) is 61.4 Å². The normalized spacial score (nSPS) is 16.4. The second-order valence-corrected chi connectivity index (χ2v) is 8.40. The molecular formula is C20H18FN3O2S2. The highest BCUT2D eigenvalue weighted by molar-refractivity contribution is 7.10. The zero-order chi connectivity index (χ0) is 19.5. The van der Waals surface area contributed by atoms with Crippen molar-refractivity contribution in [3.63, 3.8) is 0 Å². The summed E-state index contributed by atoms with van der Waals surface area (Å²) in [6, 6.07) is 11.3. The number of carbonyl (C=O) groups is 2. The molecule has 2 aromatic heterocycles. The summed E-state index contributed by atoms with van der Waals surface area (Å²) in [6.45, 7) is 0.820. The van der Waals surface area contributed by atoms with Gasteiger partial charge in [0.2, 0.25) is 5.91 Å². The SMILES string of the molecule is O=C(CN1CCc2sccc2[C@H]1c1cccs1)NC(=O)Nc1ccccc1F. The molecule has 0 unspecified atom stereocenters. The third-order valence-corrected chi connectivity index (χ3v) is 6.52. The van der Waals surface area contributed by atoms with Gasteiger partial charge in [-0.25, -0.2) is 9.18 Å². The summed E-state index contributed by atoms with van der Waals surface area (Å²) in [4.78, 5) is 29.1. The van der Waals surface area contributed by atoms with Gasteiger partial charge in [-0.1, -0.05) is 18.2 Å². The highest BCUT2D eigenvalue weighted by Gasteiger charge is 2.31. The summed E-state index contributed by atoms with van der Waals surface area (Å²) in [5, 5.41) is 8.77. The number of urea groups is 1. The molecule has 1 aromatic carbocycles. The minimum absolute atomic E-state index is 0.00961. The van der Waals surface area contributed by atoms with Gasteiger partial charge in [0.05, 0.1) is 18.3 Å². The lowest BCUT2D eigenvalue weighted by Crippen LogP contribution is -2.45. The Labute approximate surface area is 169 Å². The second-order valence-electron chi connectivity index (χ2n) is 6.42. The van der Waals surface area contributed by atoms with E-state index in [-0.39, 0.29) is 18.3 Å². The molecule has 0 fully saturated rings. The number of hydrogen-bond donors (Lipinski definition) is 2. The average Bonchev–Trinajstić information content (AvgIpc) is 3.35. The Balaban J connectivity index is 1.43. The van der Waals surface area contributed by atoms with Crippen LogP contribution in [0.25, 0.3) is 0 Å². The monoisotopic (exact) mass is 415 g/mol. The van der Waals surface area contributed by atoms with Gasteiger partial charge in [0.25, 0.3) is 0 Å². The van der Waals surface area contributed by atoms with Crippen molar-refractivity contribution >= 4 is 40.3 Å². The first kappa shape index (κ1) is 18.8. The molecule has 0 radical (unpaired) electrons. The molecule has 1 aliphatic heterocycles. The second kappa shape index (κ2) is 8.22. The lowest BCUT2D eigenvalue weighted by molar-refractivity contribution is -0.121. The van der Waals surface area contributed by atoms with Gasteiger partial charge in [0, 0.05) is 16.3 Å². The molecule has 0 bridgehead atoms. The van der Waals surface area contributed by atoms with Crippen LogP contribution in [0, 0.1) is 5.82 Å². The van der Waals surface area contributed by atoms with Gasteiger partial charge in [-0.2, -0.15) is 0 Å². The molecular weight excluding hydrogens is 397 g/mol. The summed E-state index contributed by atoms with van der Waals surface area (Å²) < 4.78 is 13.6. The zero-order valence-electron chi connectivity index (χ0n) is 14.9. The number of nitrogens with zero attached hydrogens (tertiary/aromatic N) is 1. The van der Waals surface area contributed by atoms with Crippen molar-refractivity contribution in [2.24, 2.45) is 0 Å². The van der Waals surface area contributed by atoms with E-state index in [1.807, 2.05) is 11.4 Å². The third kappa shape index (κ3) is 3.99. The molecule has 144 valence electrons. The predicted octanol–water partition coefficient (Wildman–Crippen LogP) is 4.24. The summed E-state index contributed by atoms with van der Waals surface area (Å²) in [5.41, 5.74) is 1.26. The first-order chi connectivity index (χ1) is 13.6. The van der Waals surface area contributed by atoms with Crippen molar-refractivity contribution in [1.29, 1.82) is 0 Å². The lowest BCUT2D eigenvalue weighted by atomic mass is 9.98. The number of thiophene rings is 2. The minimum atomic E-state index is -0.740. The zero-order valence-corrected chi connectivity index (χ0v) is 16.5. The smallest absolute Gasteiger partial charge is 0.305 e. The standard InChI is InChI=1S/C20H18FN3O2S2/c21-14-4-1-2-5-15(14)22-20(26)23-18(25)12-24-9-7-16-13(8-11-28-16)19(24)17-6-3-10-27-17/h1-6,8,10-11,19H,7,9,12H2,(H2,22,23,25,26)/t19-/m0/s1. The number of fused-ring (bicyclic) bond motifs is 1. The Bertz CT molecular complexity index is 987. The van der Waals surface area contributed by atoms with Crippen LogP contribution in [0.3, 0.4) is 0 Å². The summed E-state index contributed by atoms with van der Waals surface area (Å²) in [6.07, 6.45) is 0.879. The average molecular weight is 416 g/mol. The van der Waals surface area contributed by atoms with E-state index in [1.165, 1.54) is 33.5 Å². The van der Waals surface area contributed by atoms with Crippen LogP contribution < -0.4 is 10.6 Å². The van der Waals surface area contributed by atoms with Crippen molar-refractivity contribution in [1.82, 2.24) is 10.2 Å². The molecule has 0 spiro atoms. The molecule has 1 aliphatic rings. The van der Waals surface area contributed by atoms with Crippen LogP contribution >= 0.6 is 22.7 Å². The summed E-state index contributed by atoms with van der Waals surface area (Å²) >= 11 is 3.39. The number of carbonyl (C=O) groups excluding carboxylic acids is 2. The van der Waals surface area contributed by atoms with Crippen LogP contribution in [0.4, 0.5) is 14.9 Å². The number of imide groups is 1. The van der Waals surface area contributed by atoms with Crippen LogP contribution in [-0.2, 0) is 11.2 Å². The fourth-order valence-electron chi connectivity index (χ4n) is 3.39. The molecule has 2 N–H and O–H groups in total. The third-order valence-electron chi connectivity index (χ3n) is 4.60. The Morgan fingerprint density at radius 2 is 1.96 bits per heavy atom. The molecule has 5 nitrogen and oxygen atoms in total. The van der Waals surface area contributed by atoms with Crippen LogP contribution in [0.15, 0.2) is 53.2 Å². The molecule has 3 heterocycles. The predicted molar refractivity (Wildman–Crippen MR) is 109 cm³/mol. The van der Waals surface area contributed by atoms with E-state index < -0.39 is 17.8 Å². The van der Waals surface area contributed by atoms with E-state index in [4.69, 9.17) is 0 Å². The van der Waals surface area contributed by atoms with Crippen molar-refractivity contribution in [2.75, 3.05) is 18.4 Å². The number of hydrogen-bond acceptors (Lipinski definition) is 5. The number of nitrogens with one attached hydrogen (secondary N) is 2. The first-order valence-electron chi connectivity index (χ1n) is 8.81. The molecule has 1 atom stereocenters. The summed E-state index contributed by atoms with van der Waals surface area (Å²) in [7, 11) is 0. The number of anilines is 1. The molecule has 4 rings (SSSR count). The highest BCUT2D eigenvalue weighted by atomic mass is 32.1. The van der Waals surface area contributed by atoms with Gasteiger partial charge in [-0.15, -0.1) is 22.7 Å². The van der Waals surface area contributed by atoms with Crippen molar-refractivity contribution < 1.29 is 14.0 Å². The molecule has 8 heteroatoms. The molecule has 28 heavy (non-hydrogen) atoms. The minimum Gasteiger partial charge on any atom is -0.305 e. The Morgan fingerprint density at radius 3 is 2.75 bits per heavy atom. The Hall–Kier alpha value is -2.55. The van der Waals surface area contributed by atoms with Crippen molar-refractivity contribution in [2.45, 2.75) is 12.5 Å². The van der Waals surface area contributed by atoms with E-state index in [2.05, 4.69) is 33.0 Å². The van der Waals surface area contributed by atoms with Crippen LogP contribution in [-0.4, -0.2) is 29.9 Å². The molecule has 3 aromatic rings. The Kier molecular flexibility index (Phi) is 5.52. The quantitative estimate of drug-likeness (QED) is 0.670. The first-order valence-corrected chi connectivity index (χ1v) is 10.6. The van der Waals surface area contributed by atoms with Gasteiger partial charge in [0.1, 0.15) is 5.82 Å². The van der Waals surface area contributed by atoms with Crippen LogP contribution in [0.5, 0.6) is 0 Å². The van der Waals surface area contributed by atoms with Gasteiger partial charge >= 0.3 is 6.03 Å². The Morgan fingerprint density at radius 1 is 1.11 bits per heavy atom. The fourth-order valence-corrected chi connectivity index (χ4v) is 5.17. The maximum Gasteiger partial charge on any atom is 0.326 e. The van der Waals surface area contributed by atoms with Gasteiger partial charge in [-0.05, 0) is 47.0 Å². The summed E-state index contributed by atoms with van der Waals surface area (Å²) in [5.74, 6) is -0.974. The van der Waals surface area contributed by atoms with Gasteiger partial charge < -0.3 is 5.32 Å². The largest absolute Gasteiger partial charge is 0.326 e. The van der Waals surface area contributed by atoms with Crippen molar-refractivity contribution in [3.8, 4) is 0 Å². The van der Waals surface area contributed by atoms with E-state index in [9.17, 15) is 14.0 Å². The number of amides is 3. The van der Waals surface area contributed by atoms with Gasteiger partial charge in [0.15, 0.2) is 0 Å². The van der Waals surface area contributed by atoms with E-state index in [0.29, 0.717) is 0 Å². The van der Waals surface area contributed by atoms with E-state index in [0.717, 1.165) is 13.0 Å². The molecule has 0 saturated heterocycles. The number of benzene rings is 1. The number of rotatable bonds is 4. The maximum absolute atomic E-state index is 13.6. The molecule has 0 aliphatic carbocycles. The highest BCUT2D eigenvalue weighted by Crippen LogP contribution is 2.39. The number of para-hydroxylation sites is 1. The van der Waals surface area contributed by atoms with E-state index >= 15 is 0 Å². The lowest BCUT2D eigenvalue weighted by Gasteiger charge is -2.34. The van der Waals surface area contributed by atoms with Crippen molar-refractivity contribution in [3.05, 3.63) is 74.4 Å². The van der Waals surface area contributed by atoms with Crippen LogP contribution in [0.2, 0.25) is 0 Å². The number of halogens is 1. The maximum atomic E-state index is 13.6.